The Morgan fingerprint density at radius 1 is 0.889 bits per heavy atom. The largest absolute Gasteiger partial charge is 0.339 e. The van der Waals surface area contributed by atoms with E-state index in [1.54, 1.807) is 11.3 Å². The van der Waals surface area contributed by atoms with Crippen LogP contribution in [0.25, 0.3) is 0 Å². The maximum atomic E-state index is 12.7. The summed E-state index contributed by atoms with van der Waals surface area (Å²) in [7, 11) is 0. The molecule has 1 saturated heterocycles. The number of nitrogens with one attached hydrogen (secondary N) is 1. The first kappa shape index (κ1) is 18.2. The van der Waals surface area contributed by atoms with E-state index in [2.05, 4.69) is 11.4 Å². The van der Waals surface area contributed by atoms with E-state index in [0.717, 1.165) is 49.3 Å². The molecule has 0 spiro atoms. The molecule has 27 heavy (non-hydrogen) atoms. The molecule has 1 aliphatic heterocycles. The number of hydrogen-bond acceptors (Lipinski definition) is 3. The van der Waals surface area contributed by atoms with Gasteiger partial charge in [-0.3, -0.25) is 9.59 Å². The van der Waals surface area contributed by atoms with Crippen molar-refractivity contribution in [2.45, 2.75) is 51.4 Å². The zero-order valence-corrected chi connectivity index (χ0v) is 16.4. The summed E-state index contributed by atoms with van der Waals surface area (Å²) >= 11 is 1.64. The molecule has 2 aromatic rings. The van der Waals surface area contributed by atoms with Gasteiger partial charge in [0.1, 0.15) is 0 Å². The summed E-state index contributed by atoms with van der Waals surface area (Å²) in [4.78, 5) is 29.1. The highest BCUT2D eigenvalue weighted by atomic mass is 32.1. The Labute approximate surface area is 164 Å². The SMILES string of the molecule is O=C(Nc1ccc(C(=O)N2CCCC2)cc1)c1cc2c(s1)CCCCCC2. The first-order valence-electron chi connectivity index (χ1n) is 10.0. The van der Waals surface area contributed by atoms with Crippen molar-refractivity contribution in [3.05, 3.63) is 51.2 Å². The van der Waals surface area contributed by atoms with Crippen molar-refractivity contribution in [3.63, 3.8) is 0 Å². The van der Waals surface area contributed by atoms with Gasteiger partial charge in [0.05, 0.1) is 4.88 Å². The Morgan fingerprint density at radius 3 is 2.33 bits per heavy atom. The predicted molar refractivity (Wildman–Crippen MR) is 110 cm³/mol. The average molecular weight is 383 g/mol. The lowest BCUT2D eigenvalue weighted by Gasteiger charge is -2.15. The van der Waals surface area contributed by atoms with Gasteiger partial charge in [0.15, 0.2) is 0 Å². The van der Waals surface area contributed by atoms with Crippen LogP contribution in [-0.4, -0.2) is 29.8 Å². The highest BCUT2D eigenvalue weighted by Crippen LogP contribution is 2.29. The van der Waals surface area contributed by atoms with E-state index >= 15 is 0 Å². The normalized spacial score (nSPS) is 17.1. The van der Waals surface area contributed by atoms with E-state index in [4.69, 9.17) is 0 Å². The fraction of sp³-hybridized carbons (Fsp3) is 0.455. The number of carbonyl (C=O) groups is 2. The Hall–Kier alpha value is -2.14. The third-order valence-corrected chi connectivity index (χ3v) is 6.74. The molecule has 1 aromatic heterocycles. The molecule has 1 fully saturated rings. The summed E-state index contributed by atoms with van der Waals surface area (Å²) in [5, 5.41) is 2.98. The fourth-order valence-corrected chi connectivity index (χ4v) is 5.10. The first-order valence-corrected chi connectivity index (χ1v) is 10.8. The third kappa shape index (κ3) is 4.24. The molecule has 2 heterocycles. The number of carbonyl (C=O) groups excluding carboxylic acids is 2. The van der Waals surface area contributed by atoms with E-state index in [0.29, 0.717) is 5.56 Å². The molecule has 1 aliphatic carbocycles. The molecule has 5 heteroatoms. The average Bonchev–Trinajstić information content (AvgIpc) is 3.32. The number of thiophene rings is 1. The van der Waals surface area contributed by atoms with E-state index < -0.39 is 0 Å². The van der Waals surface area contributed by atoms with Crippen molar-refractivity contribution >= 4 is 28.8 Å². The molecule has 0 radical (unpaired) electrons. The van der Waals surface area contributed by atoms with Gasteiger partial charge < -0.3 is 10.2 Å². The Morgan fingerprint density at radius 2 is 1.59 bits per heavy atom. The van der Waals surface area contributed by atoms with Crippen molar-refractivity contribution in [1.29, 1.82) is 0 Å². The molecule has 2 aliphatic rings. The van der Waals surface area contributed by atoms with Gasteiger partial charge in [-0.2, -0.15) is 0 Å². The lowest BCUT2D eigenvalue weighted by molar-refractivity contribution is 0.0792. The molecule has 0 saturated carbocycles. The van der Waals surface area contributed by atoms with Crippen LogP contribution < -0.4 is 5.32 Å². The molecule has 142 valence electrons. The molecule has 0 unspecified atom stereocenters. The standard InChI is InChI=1S/C22H26N2O2S/c25-21(20-15-17-7-3-1-2-4-8-19(17)27-20)23-18-11-9-16(10-12-18)22(26)24-13-5-6-14-24/h9-12,15H,1-8,13-14H2,(H,23,25). The molecule has 1 aromatic carbocycles. The Bertz CT molecular complexity index is 794. The van der Waals surface area contributed by atoms with Crippen LogP contribution in [-0.2, 0) is 12.8 Å². The van der Waals surface area contributed by atoms with Crippen LogP contribution in [0.15, 0.2) is 30.3 Å². The lowest BCUT2D eigenvalue weighted by atomic mass is 10.00. The maximum absolute atomic E-state index is 12.7. The van der Waals surface area contributed by atoms with Crippen LogP contribution in [0.3, 0.4) is 0 Å². The van der Waals surface area contributed by atoms with Gasteiger partial charge in [0.2, 0.25) is 0 Å². The monoisotopic (exact) mass is 382 g/mol. The quantitative estimate of drug-likeness (QED) is 0.821. The predicted octanol–water partition coefficient (Wildman–Crippen LogP) is 4.90. The third-order valence-electron chi connectivity index (χ3n) is 5.50. The van der Waals surface area contributed by atoms with Gasteiger partial charge in [0.25, 0.3) is 11.8 Å². The number of likely N-dealkylation sites (tertiary alicyclic amines) is 1. The number of benzene rings is 1. The van der Waals surface area contributed by atoms with E-state index in [-0.39, 0.29) is 11.8 Å². The number of nitrogens with zero attached hydrogens (tertiary/aromatic N) is 1. The summed E-state index contributed by atoms with van der Waals surface area (Å²) < 4.78 is 0. The summed E-state index contributed by atoms with van der Waals surface area (Å²) in [6.07, 6.45) is 9.39. The molecular weight excluding hydrogens is 356 g/mol. The number of aryl methyl sites for hydroxylation is 2. The summed E-state index contributed by atoms with van der Waals surface area (Å²) in [6.45, 7) is 1.70. The minimum Gasteiger partial charge on any atom is -0.339 e. The van der Waals surface area contributed by atoms with Crippen LogP contribution >= 0.6 is 11.3 Å². The van der Waals surface area contributed by atoms with Crippen LogP contribution in [0.4, 0.5) is 5.69 Å². The smallest absolute Gasteiger partial charge is 0.265 e. The minimum absolute atomic E-state index is 0.0506. The number of rotatable bonds is 3. The second kappa shape index (κ2) is 8.26. The Kier molecular flexibility index (Phi) is 5.58. The van der Waals surface area contributed by atoms with Gasteiger partial charge in [-0.05, 0) is 74.4 Å². The van der Waals surface area contributed by atoms with Crippen molar-refractivity contribution in [3.8, 4) is 0 Å². The number of fused-ring (bicyclic) bond motifs is 1. The zero-order valence-electron chi connectivity index (χ0n) is 15.6. The van der Waals surface area contributed by atoms with Crippen LogP contribution in [0, 0.1) is 0 Å². The second-order valence-corrected chi connectivity index (χ2v) is 8.64. The van der Waals surface area contributed by atoms with Gasteiger partial charge in [-0.25, -0.2) is 0 Å². The Balaban J connectivity index is 1.42. The van der Waals surface area contributed by atoms with Gasteiger partial charge in [-0.1, -0.05) is 12.8 Å². The lowest BCUT2D eigenvalue weighted by Crippen LogP contribution is -2.27. The highest BCUT2D eigenvalue weighted by Gasteiger charge is 2.20. The van der Waals surface area contributed by atoms with Crippen molar-refractivity contribution in [2.24, 2.45) is 0 Å². The molecule has 4 rings (SSSR count). The first-order chi connectivity index (χ1) is 13.2. The van der Waals surface area contributed by atoms with Gasteiger partial charge in [-0.15, -0.1) is 11.3 Å². The molecule has 0 atom stereocenters. The van der Waals surface area contributed by atoms with Crippen molar-refractivity contribution in [2.75, 3.05) is 18.4 Å². The topological polar surface area (TPSA) is 49.4 Å². The van der Waals surface area contributed by atoms with Crippen LogP contribution in [0.1, 0.15) is 69.0 Å². The van der Waals surface area contributed by atoms with E-state index in [1.165, 1.54) is 36.1 Å². The van der Waals surface area contributed by atoms with Gasteiger partial charge >= 0.3 is 0 Å². The van der Waals surface area contributed by atoms with Crippen LogP contribution in [0.2, 0.25) is 0 Å². The van der Waals surface area contributed by atoms with Crippen molar-refractivity contribution < 1.29 is 9.59 Å². The summed E-state index contributed by atoms with van der Waals surface area (Å²) in [6, 6.07) is 9.34. The molecule has 2 amide bonds. The van der Waals surface area contributed by atoms with E-state index in [9.17, 15) is 9.59 Å². The van der Waals surface area contributed by atoms with Crippen LogP contribution in [0.5, 0.6) is 0 Å². The molecule has 1 N–H and O–H groups in total. The molecular formula is C22H26N2O2S. The second-order valence-electron chi connectivity index (χ2n) is 7.50. The van der Waals surface area contributed by atoms with Crippen molar-refractivity contribution in [1.82, 2.24) is 4.90 Å². The molecule has 0 bridgehead atoms. The highest BCUT2D eigenvalue weighted by molar-refractivity contribution is 7.14. The number of hydrogen-bond donors (Lipinski definition) is 1. The summed E-state index contributed by atoms with van der Waals surface area (Å²) in [5.41, 5.74) is 2.78. The van der Waals surface area contributed by atoms with Gasteiger partial charge in [0, 0.05) is 29.2 Å². The minimum atomic E-state index is -0.0506. The number of anilines is 1. The molecule has 4 nitrogen and oxygen atoms in total. The number of amides is 2. The fourth-order valence-electron chi connectivity index (χ4n) is 3.95. The maximum Gasteiger partial charge on any atom is 0.265 e. The van der Waals surface area contributed by atoms with E-state index in [1.807, 2.05) is 29.2 Å². The zero-order chi connectivity index (χ0) is 18.6. The summed E-state index contributed by atoms with van der Waals surface area (Å²) in [5.74, 6) is 0.0359.